The largest absolute Gasteiger partial charge is 0.317 e. The zero-order chi connectivity index (χ0) is 13.2. The fraction of sp³-hybridized carbons (Fsp3) is 0.727. The Morgan fingerprint density at radius 2 is 2.06 bits per heavy atom. The third-order valence-corrected chi connectivity index (χ3v) is 2.81. The summed E-state index contributed by atoms with van der Waals surface area (Å²) in [5.74, 6) is 0. The Bertz CT molecular complexity index is 412. The summed E-state index contributed by atoms with van der Waals surface area (Å²) >= 11 is 0. The number of likely N-dealkylation sites (N-methyl/N-ethyl adjacent to an activating group) is 1. The molecule has 0 saturated heterocycles. The van der Waals surface area contributed by atoms with E-state index in [1.807, 2.05) is 27.8 Å². The van der Waals surface area contributed by atoms with E-state index in [0.717, 1.165) is 0 Å². The summed E-state index contributed by atoms with van der Waals surface area (Å²) < 4.78 is 1.75. The lowest BCUT2D eigenvalue weighted by molar-refractivity contribution is -0.386. The molecule has 17 heavy (non-hydrogen) atoms. The molecule has 0 radical (unpaired) electrons. The van der Waals surface area contributed by atoms with Gasteiger partial charge in [0.05, 0.1) is 4.92 Å². The van der Waals surface area contributed by atoms with Crippen molar-refractivity contribution in [3.63, 3.8) is 0 Å². The molecule has 0 saturated carbocycles. The van der Waals surface area contributed by atoms with Gasteiger partial charge in [-0.05, 0) is 34.7 Å². The standard InChI is InChI=1S/C11H20N4O2/c1-7(2)14-10(6-8(3)12-5)11(15(16)17)9(4)13-14/h7-8,12H,6H2,1-5H3. The van der Waals surface area contributed by atoms with Gasteiger partial charge in [0, 0.05) is 18.5 Å². The number of aromatic nitrogens is 2. The van der Waals surface area contributed by atoms with Crippen molar-refractivity contribution in [1.82, 2.24) is 15.1 Å². The summed E-state index contributed by atoms with van der Waals surface area (Å²) in [7, 11) is 1.85. The molecule has 0 bridgehead atoms. The molecule has 6 heteroatoms. The molecule has 1 aromatic rings. The van der Waals surface area contributed by atoms with Crippen LogP contribution >= 0.6 is 0 Å². The Morgan fingerprint density at radius 3 is 2.47 bits per heavy atom. The molecule has 1 atom stereocenters. The van der Waals surface area contributed by atoms with E-state index < -0.39 is 0 Å². The van der Waals surface area contributed by atoms with Crippen molar-refractivity contribution in [2.45, 2.75) is 46.2 Å². The third kappa shape index (κ3) is 2.82. The van der Waals surface area contributed by atoms with Crippen LogP contribution in [0.5, 0.6) is 0 Å². The first kappa shape index (κ1) is 13.6. The lowest BCUT2D eigenvalue weighted by atomic mass is 10.1. The maximum Gasteiger partial charge on any atom is 0.313 e. The van der Waals surface area contributed by atoms with E-state index in [9.17, 15) is 10.1 Å². The number of rotatable bonds is 5. The average molecular weight is 240 g/mol. The Balaban J connectivity index is 3.25. The van der Waals surface area contributed by atoms with Crippen molar-refractivity contribution < 1.29 is 4.92 Å². The van der Waals surface area contributed by atoms with Crippen LogP contribution < -0.4 is 5.32 Å². The minimum absolute atomic E-state index is 0.126. The number of nitro groups is 1. The minimum atomic E-state index is -0.334. The molecule has 0 aliphatic rings. The van der Waals surface area contributed by atoms with Crippen LogP contribution in [-0.4, -0.2) is 27.8 Å². The average Bonchev–Trinajstić information content (AvgIpc) is 2.55. The number of hydrogen-bond donors (Lipinski definition) is 1. The van der Waals surface area contributed by atoms with Crippen molar-refractivity contribution in [3.05, 3.63) is 21.5 Å². The van der Waals surface area contributed by atoms with Crippen LogP contribution in [0.25, 0.3) is 0 Å². The molecule has 1 unspecified atom stereocenters. The van der Waals surface area contributed by atoms with E-state index in [0.29, 0.717) is 17.8 Å². The van der Waals surface area contributed by atoms with Crippen LogP contribution in [0.15, 0.2) is 0 Å². The third-order valence-electron chi connectivity index (χ3n) is 2.81. The maximum absolute atomic E-state index is 11.1. The first-order valence-electron chi connectivity index (χ1n) is 5.78. The highest BCUT2D eigenvalue weighted by Gasteiger charge is 2.26. The van der Waals surface area contributed by atoms with Gasteiger partial charge in [-0.3, -0.25) is 14.8 Å². The predicted molar refractivity (Wildman–Crippen MR) is 66.2 cm³/mol. The summed E-state index contributed by atoms with van der Waals surface area (Å²) in [6.07, 6.45) is 0.603. The molecule has 96 valence electrons. The smallest absolute Gasteiger partial charge is 0.313 e. The van der Waals surface area contributed by atoms with Crippen molar-refractivity contribution >= 4 is 5.69 Å². The monoisotopic (exact) mass is 240 g/mol. The summed E-state index contributed by atoms with van der Waals surface area (Å²) in [4.78, 5) is 10.7. The molecule has 1 N–H and O–H groups in total. The predicted octanol–water partition coefficient (Wildman–Crippen LogP) is 1.83. The van der Waals surface area contributed by atoms with E-state index in [4.69, 9.17) is 0 Å². The van der Waals surface area contributed by atoms with E-state index in [1.165, 1.54) is 0 Å². The zero-order valence-corrected chi connectivity index (χ0v) is 11.0. The Kier molecular flexibility index (Phi) is 4.22. The van der Waals surface area contributed by atoms with E-state index in [2.05, 4.69) is 10.4 Å². The first-order valence-corrected chi connectivity index (χ1v) is 5.78. The molecule has 0 amide bonds. The van der Waals surface area contributed by atoms with E-state index >= 15 is 0 Å². The molecule has 0 aliphatic carbocycles. The van der Waals surface area contributed by atoms with Crippen LogP contribution in [0.1, 0.15) is 38.2 Å². The molecule has 1 aromatic heterocycles. The quantitative estimate of drug-likeness (QED) is 0.629. The van der Waals surface area contributed by atoms with Gasteiger partial charge in [0.15, 0.2) is 0 Å². The minimum Gasteiger partial charge on any atom is -0.317 e. The highest BCUT2D eigenvalue weighted by Crippen LogP contribution is 2.26. The fourth-order valence-electron chi connectivity index (χ4n) is 1.83. The lowest BCUT2D eigenvalue weighted by Gasteiger charge is -2.13. The van der Waals surface area contributed by atoms with Crippen LogP contribution in [0.4, 0.5) is 5.69 Å². The SMILES string of the molecule is CNC(C)Cc1c([N+](=O)[O-])c(C)nn1C(C)C. The van der Waals surface area contributed by atoms with Gasteiger partial charge >= 0.3 is 5.69 Å². The second-order valence-electron chi connectivity index (χ2n) is 4.57. The first-order chi connectivity index (χ1) is 7.88. The molecule has 6 nitrogen and oxygen atoms in total. The fourth-order valence-corrected chi connectivity index (χ4v) is 1.83. The summed E-state index contributed by atoms with van der Waals surface area (Å²) in [6, 6.07) is 0.309. The molecular formula is C11H20N4O2. The Morgan fingerprint density at radius 1 is 1.47 bits per heavy atom. The van der Waals surface area contributed by atoms with E-state index in [1.54, 1.807) is 11.6 Å². The Labute approximate surface area is 101 Å². The number of nitrogens with zero attached hydrogens (tertiary/aromatic N) is 3. The van der Waals surface area contributed by atoms with E-state index in [-0.39, 0.29) is 22.7 Å². The number of nitrogens with one attached hydrogen (secondary N) is 1. The lowest BCUT2D eigenvalue weighted by Crippen LogP contribution is -2.25. The second-order valence-corrected chi connectivity index (χ2v) is 4.57. The van der Waals surface area contributed by atoms with Crippen molar-refractivity contribution in [2.75, 3.05) is 7.05 Å². The molecule has 0 spiro atoms. The molecule has 1 rings (SSSR count). The van der Waals surface area contributed by atoms with Gasteiger partial charge in [-0.25, -0.2) is 0 Å². The van der Waals surface area contributed by atoms with Gasteiger partial charge in [0.2, 0.25) is 0 Å². The van der Waals surface area contributed by atoms with Gasteiger partial charge in [-0.2, -0.15) is 5.10 Å². The van der Waals surface area contributed by atoms with Crippen molar-refractivity contribution in [2.24, 2.45) is 0 Å². The van der Waals surface area contributed by atoms with Crippen LogP contribution in [0.2, 0.25) is 0 Å². The normalized spacial score (nSPS) is 13.1. The van der Waals surface area contributed by atoms with Crippen molar-refractivity contribution in [1.29, 1.82) is 0 Å². The van der Waals surface area contributed by atoms with Gasteiger partial charge in [0.25, 0.3) is 0 Å². The molecule has 1 heterocycles. The van der Waals surface area contributed by atoms with Crippen LogP contribution in [0, 0.1) is 17.0 Å². The highest BCUT2D eigenvalue weighted by molar-refractivity contribution is 5.41. The van der Waals surface area contributed by atoms with Gasteiger partial charge < -0.3 is 5.32 Å². The van der Waals surface area contributed by atoms with Crippen LogP contribution in [0.3, 0.4) is 0 Å². The van der Waals surface area contributed by atoms with Gasteiger partial charge in [-0.1, -0.05) is 0 Å². The second kappa shape index (κ2) is 5.27. The summed E-state index contributed by atoms with van der Waals surface area (Å²) in [5.41, 5.74) is 1.34. The van der Waals surface area contributed by atoms with Gasteiger partial charge in [0.1, 0.15) is 11.4 Å². The molecule has 0 fully saturated rings. The molecule has 0 aliphatic heterocycles. The van der Waals surface area contributed by atoms with Crippen molar-refractivity contribution in [3.8, 4) is 0 Å². The highest BCUT2D eigenvalue weighted by atomic mass is 16.6. The van der Waals surface area contributed by atoms with Crippen LogP contribution in [-0.2, 0) is 6.42 Å². The van der Waals surface area contributed by atoms with Gasteiger partial charge in [-0.15, -0.1) is 0 Å². The molecule has 0 aromatic carbocycles. The summed E-state index contributed by atoms with van der Waals surface area (Å²) in [6.45, 7) is 7.63. The topological polar surface area (TPSA) is 73.0 Å². The molecular weight excluding hydrogens is 220 g/mol. The number of aryl methyl sites for hydroxylation is 1. The maximum atomic E-state index is 11.1. The Hall–Kier alpha value is -1.43. The summed E-state index contributed by atoms with van der Waals surface area (Å²) in [5, 5.41) is 18.4. The zero-order valence-electron chi connectivity index (χ0n) is 11.0. The number of hydrogen-bond acceptors (Lipinski definition) is 4.